The van der Waals surface area contributed by atoms with Crippen LogP contribution in [0.15, 0.2) is 43.0 Å². The summed E-state index contributed by atoms with van der Waals surface area (Å²) in [5, 5.41) is 0. The monoisotopic (exact) mass is 313 g/mol. The van der Waals surface area contributed by atoms with Gasteiger partial charge in [0.05, 0.1) is 31.0 Å². The Labute approximate surface area is 134 Å². The van der Waals surface area contributed by atoms with E-state index in [4.69, 9.17) is 9.47 Å². The van der Waals surface area contributed by atoms with Gasteiger partial charge in [-0.3, -0.25) is 0 Å². The van der Waals surface area contributed by atoms with Crippen molar-refractivity contribution >= 4 is 11.9 Å². The van der Waals surface area contributed by atoms with E-state index in [-0.39, 0.29) is 17.0 Å². The molecule has 120 valence electrons. The van der Waals surface area contributed by atoms with E-state index in [9.17, 15) is 9.59 Å². The predicted octanol–water partition coefficient (Wildman–Crippen LogP) is 3.54. The van der Waals surface area contributed by atoms with E-state index in [1.807, 2.05) is 37.3 Å². The smallest absolute Gasteiger partial charge is 0.340 e. The maximum absolute atomic E-state index is 12.3. The summed E-state index contributed by atoms with van der Waals surface area (Å²) in [5.41, 5.74) is 2.24. The standard InChI is InChI=1S/C18H19NO4/c1-5-11(2)15-13(17(20)22-3)14(18(21)23-4)16(19-15)12-9-7-6-8-10-12/h5-11,19H,1H2,2-4H3. The summed E-state index contributed by atoms with van der Waals surface area (Å²) in [6.45, 7) is 5.63. The third-order valence-electron chi connectivity index (χ3n) is 3.68. The molecule has 0 saturated carbocycles. The number of carbonyl (C=O) groups is 2. The molecular formula is C18H19NO4. The van der Waals surface area contributed by atoms with Crippen LogP contribution in [0.3, 0.4) is 0 Å². The molecule has 1 aromatic carbocycles. The fraction of sp³-hybridized carbons (Fsp3) is 0.222. The molecule has 23 heavy (non-hydrogen) atoms. The van der Waals surface area contributed by atoms with Crippen LogP contribution in [0, 0.1) is 0 Å². The minimum Gasteiger partial charge on any atom is -0.465 e. The maximum atomic E-state index is 12.3. The topological polar surface area (TPSA) is 68.4 Å². The number of H-pyrrole nitrogens is 1. The van der Waals surface area contributed by atoms with Crippen molar-refractivity contribution in [2.75, 3.05) is 14.2 Å². The van der Waals surface area contributed by atoms with Crippen molar-refractivity contribution in [3.8, 4) is 11.3 Å². The zero-order chi connectivity index (χ0) is 17.0. The van der Waals surface area contributed by atoms with Crippen molar-refractivity contribution in [3.63, 3.8) is 0 Å². The van der Waals surface area contributed by atoms with Crippen LogP contribution in [0.1, 0.15) is 39.3 Å². The Kier molecular flexibility index (Phi) is 5.01. The van der Waals surface area contributed by atoms with Gasteiger partial charge in [-0.05, 0) is 5.56 Å². The molecule has 5 nitrogen and oxygen atoms in total. The molecule has 2 aromatic rings. The highest BCUT2D eigenvalue weighted by Gasteiger charge is 2.30. The van der Waals surface area contributed by atoms with Crippen LogP contribution in [0.4, 0.5) is 0 Å². The molecule has 5 heteroatoms. The van der Waals surface area contributed by atoms with Crippen molar-refractivity contribution in [2.24, 2.45) is 0 Å². The second-order valence-corrected chi connectivity index (χ2v) is 5.04. The summed E-state index contributed by atoms with van der Waals surface area (Å²) >= 11 is 0. The van der Waals surface area contributed by atoms with Crippen LogP contribution in [0.5, 0.6) is 0 Å². The van der Waals surface area contributed by atoms with Crippen molar-refractivity contribution in [3.05, 3.63) is 59.8 Å². The normalized spacial score (nSPS) is 11.6. The van der Waals surface area contributed by atoms with Gasteiger partial charge in [0.15, 0.2) is 0 Å². The van der Waals surface area contributed by atoms with Crippen LogP contribution < -0.4 is 0 Å². The highest BCUT2D eigenvalue weighted by Crippen LogP contribution is 2.33. The molecule has 2 rings (SSSR count). The quantitative estimate of drug-likeness (QED) is 0.677. The Bertz CT molecular complexity index is 731. The lowest BCUT2D eigenvalue weighted by atomic mass is 9.99. The zero-order valence-electron chi connectivity index (χ0n) is 13.4. The van der Waals surface area contributed by atoms with Crippen LogP contribution >= 0.6 is 0 Å². The Morgan fingerprint density at radius 2 is 1.65 bits per heavy atom. The number of hydrogen-bond acceptors (Lipinski definition) is 4. The number of methoxy groups -OCH3 is 2. The number of aromatic nitrogens is 1. The minimum absolute atomic E-state index is 0.162. The molecule has 0 amide bonds. The van der Waals surface area contributed by atoms with E-state index in [2.05, 4.69) is 11.6 Å². The minimum atomic E-state index is -0.594. The third kappa shape index (κ3) is 3.04. The number of rotatable bonds is 5. The molecule has 1 aromatic heterocycles. The third-order valence-corrected chi connectivity index (χ3v) is 3.68. The van der Waals surface area contributed by atoms with Crippen LogP contribution in [-0.2, 0) is 9.47 Å². The van der Waals surface area contributed by atoms with Gasteiger partial charge < -0.3 is 14.5 Å². The first-order chi connectivity index (χ1) is 11.0. The lowest BCUT2D eigenvalue weighted by Crippen LogP contribution is -2.12. The molecule has 0 bridgehead atoms. The van der Waals surface area contributed by atoms with Gasteiger partial charge in [-0.25, -0.2) is 9.59 Å². The number of allylic oxidation sites excluding steroid dienone is 1. The number of esters is 2. The molecule has 0 aliphatic carbocycles. The van der Waals surface area contributed by atoms with Crippen LogP contribution in [-0.4, -0.2) is 31.1 Å². The molecule has 1 unspecified atom stereocenters. The SMILES string of the molecule is C=CC(C)c1[nH]c(-c2ccccc2)c(C(=O)OC)c1C(=O)OC. The Morgan fingerprint density at radius 1 is 1.09 bits per heavy atom. The van der Waals surface area contributed by atoms with E-state index in [0.717, 1.165) is 5.56 Å². The van der Waals surface area contributed by atoms with Gasteiger partial charge in [0.1, 0.15) is 0 Å². The molecular weight excluding hydrogens is 294 g/mol. The van der Waals surface area contributed by atoms with Gasteiger partial charge in [0.2, 0.25) is 0 Å². The highest BCUT2D eigenvalue weighted by atomic mass is 16.5. The first-order valence-corrected chi connectivity index (χ1v) is 7.15. The van der Waals surface area contributed by atoms with Crippen molar-refractivity contribution in [1.29, 1.82) is 0 Å². The summed E-state index contributed by atoms with van der Waals surface area (Å²) in [6, 6.07) is 9.28. The van der Waals surface area contributed by atoms with E-state index >= 15 is 0 Å². The molecule has 0 saturated heterocycles. The largest absolute Gasteiger partial charge is 0.465 e. The Morgan fingerprint density at radius 3 is 2.17 bits per heavy atom. The number of benzene rings is 1. The van der Waals surface area contributed by atoms with E-state index in [1.54, 1.807) is 6.08 Å². The number of aromatic amines is 1. The van der Waals surface area contributed by atoms with Gasteiger partial charge in [-0.15, -0.1) is 6.58 Å². The van der Waals surface area contributed by atoms with Crippen LogP contribution in [0.2, 0.25) is 0 Å². The molecule has 0 aliphatic heterocycles. The summed E-state index contributed by atoms with van der Waals surface area (Å²) < 4.78 is 9.72. The van der Waals surface area contributed by atoms with E-state index in [1.165, 1.54) is 14.2 Å². The summed E-state index contributed by atoms with van der Waals surface area (Å²) in [4.78, 5) is 27.7. The van der Waals surface area contributed by atoms with Crippen molar-refractivity contribution in [2.45, 2.75) is 12.8 Å². The van der Waals surface area contributed by atoms with Gasteiger partial charge in [0, 0.05) is 11.6 Å². The Balaban J connectivity index is 2.81. The lowest BCUT2D eigenvalue weighted by Gasteiger charge is -2.07. The average Bonchev–Trinajstić information content (AvgIpc) is 3.00. The fourth-order valence-corrected chi connectivity index (χ4v) is 2.42. The molecule has 1 heterocycles. The van der Waals surface area contributed by atoms with Gasteiger partial charge in [-0.1, -0.05) is 43.3 Å². The van der Waals surface area contributed by atoms with E-state index in [0.29, 0.717) is 11.4 Å². The maximum Gasteiger partial charge on any atom is 0.340 e. The summed E-state index contributed by atoms with van der Waals surface area (Å²) in [6.07, 6.45) is 1.69. The first kappa shape index (κ1) is 16.5. The van der Waals surface area contributed by atoms with Gasteiger partial charge in [-0.2, -0.15) is 0 Å². The lowest BCUT2D eigenvalue weighted by molar-refractivity contribution is 0.0556. The highest BCUT2D eigenvalue weighted by molar-refractivity contribution is 6.08. The molecule has 0 spiro atoms. The molecule has 1 N–H and O–H groups in total. The number of hydrogen-bond donors (Lipinski definition) is 1. The molecule has 0 aliphatic rings. The summed E-state index contributed by atoms with van der Waals surface area (Å²) in [7, 11) is 2.56. The predicted molar refractivity (Wildman–Crippen MR) is 87.5 cm³/mol. The molecule has 0 radical (unpaired) electrons. The van der Waals surface area contributed by atoms with Crippen molar-refractivity contribution in [1.82, 2.24) is 4.98 Å². The first-order valence-electron chi connectivity index (χ1n) is 7.15. The molecule has 1 atom stereocenters. The number of nitrogens with one attached hydrogen (secondary N) is 1. The fourth-order valence-electron chi connectivity index (χ4n) is 2.42. The Hall–Kier alpha value is -2.82. The number of carbonyl (C=O) groups excluding carboxylic acids is 2. The molecule has 0 fully saturated rings. The summed E-state index contributed by atoms with van der Waals surface area (Å²) in [5.74, 6) is -1.35. The average molecular weight is 313 g/mol. The van der Waals surface area contributed by atoms with Crippen LogP contribution in [0.25, 0.3) is 11.3 Å². The number of ether oxygens (including phenoxy) is 2. The second kappa shape index (κ2) is 6.96. The van der Waals surface area contributed by atoms with Gasteiger partial charge in [0.25, 0.3) is 0 Å². The van der Waals surface area contributed by atoms with Crippen molar-refractivity contribution < 1.29 is 19.1 Å². The zero-order valence-corrected chi connectivity index (χ0v) is 13.4. The van der Waals surface area contributed by atoms with E-state index < -0.39 is 11.9 Å². The second-order valence-electron chi connectivity index (χ2n) is 5.04. The van der Waals surface area contributed by atoms with Gasteiger partial charge >= 0.3 is 11.9 Å².